The Labute approximate surface area is 135 Å². The monoisotopic (exact) mass is 311 g/mol. The molecule has 0 saturated heterocycles. The fraction of sp³-hybridized carbons (Fsp3) is 0.444. The van der Waals surface area contributed by atoms with E-state index in [0.717, 1.165) is 29.9 Å². The van der Waals surface area contributed by atoms with Gasteiger partial charge in [0.25, 0.3) is 5.91 Å². The molecule has 1 unspecified atom stereocenters. The van der Waals surface area contributed by atoms with Gasteiger partial charge in [-0.25, -0.2) is 0 Å². The predicted molar refractivity (Wildman–Crippen MR) is 86.3 cm³/mol. The van der Waals surface area contributed by atoms with Gasteiger partial charge in [0.05, 0.1) is 12.3 Å². The van der Waals surface area contributed by atoms with Gasteiger partial charge in [0.2, 0.25) is 0 Å². The first-order valence-electron chi connectivity index (χ1n) is 8.08. The summed E-state index contributed by atoms with van der Waals surface area (Å²) in [4.78, 5) is 16.7. The van der Waals surface area contributed by atoms with Crippen LogP contribution in [-0.4, -0.2) is 27.1 Å². The van der Waals surface area contributed by atoms with Crippen LogP contribution in [0.5, 0.6) is 0 Å². The number of amides is 1. The van der Waals surface area contributed by atoms with Gasteiger partial charge in [-0.15, -0.1) is 0 Å². The Kier molecular flexibility index (Phi) is 3.10. The van der Waals surface area contributed by atoms with Crippen molar-refractivity contribution in [3.63, 3.8) is 0 Å². The number of aromatic nitrogens is 2. The second-order valence-electron chi connectivity index (χ2n) is 7.15. The van der Waals surface area contributed by atoms with E-state index in [0.29, 0.717) is 6.54 Å². The van der Waals surface area contributed by atoms with Crippen LogP contribution in [0.15, 0.2) is 24.4 Å². The largest absolute Gasteiger partial charge is 0.392 e. The van der Waals surface area contributed by atoms with Gasteiger partial charge < -0.3 is 15.0 Å². The molecule has 3 heterocycles. The molecule has 4 rings (SSSR count). The highest BCUT2D eigenvalue weighted by Gasteiger charge is 2.45. The molecule has 0 saturated carbocycles. The Morgan fingerprint density at radius 1 is 1.48 bits per heavy atom. The SMILES string of the molecule is CC1(C)Cc2cc3n(c2C1c1ncccc1CO)CCNC3=O. The summed E-state index contributed by atoms with van der Waals surface area (Å²) < 4.78 is 2.16. The Bertz CT molecular complexity index is 792. The molecule has 0 radical (unpaired) electrons. The first kappa shape index (κ1) is 14.5. The number of nitrogens with one attached hydrogen (secondary N) is 1. The minimum absolute atomic E-state index is 0.00519. The first-order valence-corrected chi connectivity index (χ1v) is 8.08. The van der Waals surface area contributed by atoms with E-state index >= 15 is 0 Å². The molecule has 2 N–H and O–H groups in total. The van der Waals surface area contributed by atoms with Crippen LogP contribution in [-0.2, 0) is 19.6 Å². The van der Waals surface area contributed by atoms with E-state index in [1.165, 1.54) is 11.3 Å². The lowest BCUT2D eigenvalue weighted by atomic mass is 9.77. The quantitative estimate of drug-likeness (QED) is 0.889. The van der Waals surface area contributed by atoms with Gasteiger partial charge >= 0.3 is 0 Å². The zero-order chi connectivity index (χ0) is 16.2. The number of aliphatic hydroxyl groups is 1. The predicted octanol–water partition coefficient (Wildman–Crippen LogP) is 1.83. The van der Waals surface area contributed by atoms with Crippen LogP contribution in [0.4, 0.5) is 0 Å². The highest BCUT2D eigenvalue weighted by atomic mass is 16.3. The van der Waals surface area contributed by atoms with Crippen molar-refractivity contribution in [1.82, 2.24) is 14.9 Å². The number of rotatable bonds is 2. The van der Waals surface area contributed by atoms with Crippen LogP contribution < -0.4 is 5.32 Å². The molecule has 2 aromatic rings. The van der Waals surface area contributed by atoms with E-state index < -0.39 is 0 Å². The van der Waals surface area contributed by atoms with Crippen molar-refractivity contribution >= 4 is 5.91 Å². The Morgan fingerprint density at radius 3 is 3.09 bits per heavy atom. The Hall–Kier alpha value is -2.14. The van der Waals surface area contributed by atoms with Crippen molar-refractivity contribution < 1.29 is 9.90 Å². The zero-order valence-electron chi connectivity index (χ0n) is 13.5. The van der Waals surface area contributed by atoms with E-state index in [1.54, 1.807) is 6.20 Å². The average molecular weight is 311 g/mol. The molecule has 1 aliphatic carbocycles. The maximum atomic E-state index is 12.1. The van der Waals surface area contributed by atoms with Gasteiger partial charge in [-0.3, -0.25) is 9.78 Å². The van der Waals surface area contributed by atoms with Crippen molar-refractivity contribution in [1.29, 1.82) is 0 Å². The topological polar surface area (TPSA) is 67.2 Å². The Balaban J connectivity index is 1.93. The van der Waals surface area contributed by atoms with Gasteiger partial charge in [0.15, 0.2) is 0 Å². The number of hydrogen-bond donors (Lipinski definition) is 2. The van der Waals surface area contributed by atoms with E-state index in [4.69, 9.17) is 0 Å². The van der Waals surface area contributed by atoms with Crippen molar-refractivity contribution in [3.05, 3.63) is 52.6 Å². The molecule has 1 amide bonds. The van der Waals surface area contributed by atoms with Gasteiger partial charge in [0.1, 0.15) is 5.69 Å². The summed E-state index contributed by atoms with van der Waals surface area (Å²) in [5.74, 6) is 0.103. The van der Waals surface area contributed by atoms with Crippen molar-refractivity contribution in [2.75, 3.05) is 6.54 Å². The molecule has 1 atom stereocenters. The molecule has 23 heavy (non-hydrogen) atoms. The molecule has 0 spiro atoms. The van der Waals surface area contributed by atoms with Gasteiger partial charge in [-0.2, -0.15) is 0 Å². The third-order valence-corrected chi connectivity index (χ3v) is 5.15. The summed E-state index contributed by atoms with van der Waals surface area (Å²) >= 11 is 0. The lowest BCUT2D eigenvalue weighted by molar-refractivity contribution is 0.0926. The van der Waals surface area contributed by atoms with Crippen LogP contribution in [0.25, 0.3) is 0 Å². The molecular formula is C18H21N3O2. The summed E-state index contributed by atoms with van der Waals surface area (Å²) in [6.45, 7) is 5.92. The molecule has 0 fully saturated rings. The molecule has 1 aliphatic heterocycles. The van der Waals surface area contributed by atoms with Crippen molar-refractivity contribution in [2.24, 2.45) is 5.41 Å². The smallest absolute Gasteiger partial charge is 0.267 e. The van der Waals surface area contributed by atoms with Gasteiger partial charge in [0, 0.05) is 30.9 Å². The third kappa shape index (κ3) is 2.03. The summed E-state index contributed by atoms with van der Waals surface area (Å²) in [5, 5.41) is 12.6. The number of carbonyl (C=O) groups is 1. The number of hydrogen-bond acceptors (Lipinski definition) is 3. The summed E-state index contributed by atoms with van der Waals surface area (Å²) in [7, 11) is 0. The molecule has 2 aliphatic rings. The number of aliphatic hydroxyl groups excluding tert-OH is 1. The lowest BCUT2D eigenvalue weighted by Crippen LogP contribution is -2.36. The maximum Gasteiger partial charge on any atom is 0.267 e. The second-order valence-corrected chi connectivity index (χ2v) is 7.15. The molecule has 5 nitrogen and oxygen atoms in total. The van der Waals surface area contributed by atoms with Crippen molar-refractivity contribution in [3.8, 4) is 0 Å². The first-order chi connectivity index (χ1) is 11.0. The zero-order valence-corrected chi connectivity index (χ0v) is 13.5. The van der Waals surface area contributed by atoms with Gasteiger partial charge in [-0.1, -0.05) is 19.9 Å². The van der Waals surface area contributed by atoms with E-state index in [9.17, 15) is 9.90 Å². The lowest BCUT2D eigenvalue weighted by Gasteiger charge is -2.31. The van der Waals surface area contributed by atoms with E-state index in [-0.39, 0.29) is 23.8 Å². The fourth-order valence-corrected chi connectivity index (χ4v) is 4.21. The number of nitrogens with zero attached hydrogens (tertiary/aromatic N) is 2. The van der Waals surface area contributed by atoms with Crippen molar-refractivity contribution in [2.45, 2.75) is 39.3 Å². The molecule has 120 valence electrons. The minimum atomic E-state index is -0.0147. The van der Waals surface area contributed by atoms with E-state index in [1.807, 2.05) is 18.2 Å². The average Bonchev–Trinajstić information content (AvgIpc) is 2.99. The minimum Gasteiger partial charge on any atom is -0.392 e. The number of fused-ring (bicyclic) bond motifs is 3. The highest BCUT2D eigenvalue weighted by Crippen LogP contribution is 2.51. The number of pyridine rings is 1. The van der Waals surface area contributed by atoms with Crippen LogP contribution >= 0.6 is 0 Å². The highest BCUT2D eigenvalue weighted by molar-refractivity contribution is 5.94. The van der Waals surface area contributed by atoms with Crippen LogP contribution in [0.1, 0.15) is 52.8 Å². The standard InChI is InChI=1S/C18H21N3O2/c1-18(2)9-12-8-13-17(23)20-6-7-21(13)16(12)14(18)15-11(10-22)4-3-5-19-15/h3-5,8,14,22H,6-7,9-10H2,1-2H3,(H,20,23). The molecule has 0 bridgehead atoms. The van der Waals surface area contributed by atoms with Crippen LogP contribution in [0, 0.1) is 5.41 Å². The third-order valence-electron chi connectivity index (χ3n) is 5.15. The molecule has 2 aromatic heterocycles. The summed E-state index contributed by atoms with van der Waals surface area (Å²) in [6.07, 6.45) is 2.71. The molecular weight excluding hydrogens is 290 g/mol. The normalized spacial score (nSPS) is 21.7. The maximum absolute atomic E-state index is 12.1. The van der Waals surface area contributed by atoms with Crippen LogP contribution in [0.2, 0.25) is 0 Å². The Morgan fingerprint density at radius 2 is 2.30 bits per heavy atom. The summed E-state index contributed by atoms with van der Waals surface area (Å²) in [6, 6.07) is 5.83. The summed E-state index contributed by atoms with van der Waals surface area (Å²) in [5.41, 5.74) is 5.01. The fourth-order valence-electron chi connectivity index (χ4n) is 4.21. The van der Waals surface area contributed by atoms with E-state index in [2.05, 4.69) is 28.7 Å². The van der Waals surface area contributed by atoms with Gasteiger partial charge in [-0.05, 0) is 35.1 Å². The molecule has 5 heteroatoms. The second kappa shape index (κ2) is 4.93. The number of carbonyl (C=O) groups excluding carboxylic acids is 1. The van der Waals surface area contributed by atoms with Crippen LogP contribution in [0.3, 0.4) is 0 Å². The molecule has 0 aromatic carbocycles.